The van der Waals surface area contributed by atoms with Crippen LogP contribution in [0.5, 0.6) is 0 Å². The maximum atomic E-state index is 12.4. The summed E-state index contributed by atoms with van der Waals surface area (Å²) in [6.07, 6.45) is 5.95. The molecule has 0 aliphatic carbocycles. The van der Waals surface area contributed by atoms with Gasteiger partial charge in [0.25, 0.3) is 5.91 Å². The summed E-state index contributed by atoms with van der Waals surface area (Å²) in [6, 6.07) is 1.63. The summed E-state index contributed by atoms with van der Waals surface area (Å²) < 4.78 is 9.97. The van der Waals surface area contributed by atoms with Gasteiger partial charge in [0.05, 0.1) is 11.8 Å². The Morgan fingerprint density at radius 2 is 2.14 bits per heavy atom. The van der Waals surface area contributed by atoms with E-state index in [1.54, 1.807) is 18.1 Å². The lowest BCUT2D eigenvalue weighted by atomic mass is 10.2. The Kier molecular flexibility index (Phi) is 8.98. The number of hydrogen-bond acceptors (Lipinski definition) is 4. The Labute approximate surface area is 131 Å². The highest BCUT2D eigenvalue weighted by atomic mass is 16.5. The van der Waals surface area contributed by atoms with Crippen LogP contribution < -0.4 is 5.32 Å². The number of ether oxygens (including phenoxy) is 1. The Morgan fingerprint density at radius 1 is 1.32 bits per heavy atom. The topological polar surface area (TPSA) is 71.8 Å². The van der Waals surface area contributed by atoms with Gasteiger partial charge in [0, 0.05) is 39.8 Å². The van der Waals surface area contributed by atoms with Crippen molar-refractivity contribution < 1.29 is 18.7 Å². The van der Waals surface area contributed by atoms with Crippen molar-refractivity contribution in [2.75, 3.05) is 33.4 Å². The number of furan rings is 1. The van der Waals surface area contributed by atoms with Crippen LogP contribution in [-0.2, 0) is 9.53 Å². The predicted molar refractivity (Wildman–Crippen MR) is 83.6 cm³/mol. The summed E-state index contributed by atoms with van der Waals surface area (Å²) >= 11 is 0. The molecule has 0 atom stereocenters. The van der Waals surface area contributed by atoms with Gasteiger partial charge in [0.2, 0.25) is 5.91 Å². The summed E-state index contributed by atoms with van der Waals surface area (Å²) in [6.45, 7) is 4.30. The van der Waals surface area contributed by atoms with Crippen molar-refractivity contribution in [2.45, 2.75) is 32.6 Å². The zero-order valence-electron chi connectivity index (χ0n) is 13.5. The van der Waals surface area contributed by atoms with E-state index < -0.39 is 0 Å². The standard InChI is InChI=1S/C16H26N2O4/c1-3-4-8-17-15(19)6-10-18(9-5-11-21-2)16(20)14-7-12-22-13-14/h7,12-13H,3-6,8-11H2,1-2H3,(H,17,19). The van der Waals surface area contributed by atoms with Gasteiger partial charge in [0.1, 0.15) is 6.26 Å². The first-order valence-electron chi connectivity index (χ1n) is 7.76. The van der Waals surface area contributed by atoms with Crippen LogP contribution in [0.3, 0.4) is 0 Å². The predicted octanol–water partition coefficient (Wildman–Crippen LogP) is 2.06. The second-order valence-electron chi connectivity index (χ2n) is 5.10. The van der Waals surface area contributed by atoms with Gasteiger partial charge in [0.15, 0.2) is 0 Å². The number of unbranched alkanes of at least 4 members (excludes halogenated alkanes) is 1. The Bertz CT molecular complexity index is 431. The van der Waals surface area contributed by atoms with Gasteiger partial charge >= 0.3 is 0 Å². The molecule has 0 saturated heterocycles. The number of carbonyl (C=O) groups excluding carboxylic acids is 2. The zero-order chi connectivity index (χ0) is 16.2. The number of nitrogens with one attached hydrogen (secondary N) is 1. The average molecular weight is 310 g/mol. The van der Waals surface area contributed by atoms with Crippen molar-refractivity contribution in [2.24, 2.45) is 0 Å². The largest absolute Gasteiger partial charge is 0.472 e. The van der Waals surface area contributed by atoms with Crippen LogP contribution in [0.2, 0.25) is 0 Å². The molecule has 0 unspecified atom stereocenters. The first-order chi connectivity index (χ1) is 10.7. The first kappa shape index (κ1) is 18.2. The van der Waals surface area contributed by atoms with Crippen molar-refractivity contribution in [3.63, 3.8) is 0 Å². The van der Waals surface area contributed by atoms with Gasteiger partial charge in [-0.1, -0.05) is 13.3 Å². The van der Waals surface area contributed by atoms with Crippen molar-refractivity contribution in [3.8, 4) is 0 Å². The minimum absolute atomic E-state index is 0.0230. The molecule has 1 aromatic heterocycles. The van der Waals surface area contributed by atoms with Crippen LogP contribution in [0.15, 0.2) is 23.0 Å². The van der Waals surface area contributed by atoms with Gasteiger partial charge in [-0.15, -0.1) is 0 Å². The van der Waals surface area contributed by atoms with Crippen molar-refractivity contribution in [1.29, 1.82) is 0 Å². The molecule has 1 rings (SSSR count). The maximum Gasteiger partial charge on any atom is 0.257 e. The molecule has 6 heteroatoms. The van der Waals surface area contributed by atoms with Crippen LogP contribution in [0.4, 0.5) is 0 Å². The van der Waals surface area contributed by atoms with E-state index in [1.165, 1.54) is 12.5 Å². The third kappa shape index (κ3) is 6.76. The molecule has 1 N–H and O–H groups in total. The smallest absolute Gasteiger partial charge is 0.257 e. The first-order valence-corrected chi connectivity index (χ1v) is 7.76. The highest BCUT2D eigenvalue weighted by molar-refractivity contribution is 5.94. The second kappa shape index (κ2) is 10.8. The summed E-state index contributed by atoms with van der Waals surface area (Å²) in [5, 5.41) is 2.86. The van der Waals surface area contributed by atoms with Crippen LogP contribution in [-0.4, -0.2) is 50.1 Å². The second-order valence-corrected chi connectivity index (χ2v) is 5.10. The fourth-order valence-corrected chi connectivity index (χ4v) is 2.01. The summed E-state index contributed by atoms with van der Waals surface area (Å²) in [5.74, 6) is -0.142. The molecule has 0 saturated carbocycles. The van der Waals surface area contributed by atoms with Gasteiger partial charge in [-0.3, -0.25) is 9.59 Å². The zero-order valence-corrected chi connectivity index (χ0v) is 13.5. The number of hydrogen-bond donors (Lipinski definition) is 1. The lowest BCUT2D eigenvalue weighted by molar-refractivity contribution is -0.121. The molecular weight excluding hydrogens is 284 g/mol. The average Bonchev–Trinajstić information content (AvgIpc) is 3.04. The molecule has 0 aromatic carbocycles. The molecule has 6 nitrogen and oxygen atoms in total. The number of rotatable bonds is 11. The third-order valence-electron chi connectivity index (χ3n) is 3.29. The van der Waals surface area contributed by atoms with Crippen LogP contribution in [0, 0.1) is 0 Å². The summed E-state index contributed by atoms with van der Waals surface area (Å²) in [4.78, 5) is 25.8. The molecule has 0 radical (unpaired) electrons. The van der Waals surface area contributed by atoms with Crippen LogP contribution in [0.1, 0.15) is 43.0 Å². The summed E-state index contributed by atoms with van der Waals surface area (Å²) in [5.41, 5.74) is 0.504. The van der Waals surface area contributed by atoms with Gasteiger partial charge in [-0.05, 0) is 18.9 Å². The minimum atomic E-state index is -0.119. The van der Waals surface area contributed by atoms with E-state index >= 15 is 0 Å². The Hall–Kier alpha value is -1.82. The van der Waals surface area contributed by atoms with Gasteiger partial charge in [-0.25, -0.2) is 0 Å². The molecule has 0 bridgehead atoms. The molecule has 2 amide bonds. The van der Waals surface area contributed by atoms with E-state index in [2.05, 4.69) is 12.2 Å². The van der Waals surface area contributed by atoms with Crippen LogP contribution >= 0.6 is 0 Å². The van der Waals surface area contributed by atoms with Gasteiger partial charge in [-0.2, -0.15) is 0 Å². The highest BCUT2D eigenvalue weighted by Crippen LogP contribution is 2.07. The maximum absolute atomic E-state index is 12.4. The van der Waals surface area contributed by atoms with Crippen molar-refractivity contribution >= 4 is 11.8 Å². The normalized spacial score (nSPS) is 10.5. The van der Waals surface area contributed by atoms with E-state index in [-0.39, 0.29) is 11.8 Å². The molecule has 0 aliphatic rings. The fourth-order valence-electron chi connectivity index (χ4n) is 2.01. The molecule has 124 valence electrons. The highest BCUT2D eigenvalue weighted by Gasteiger charge is 2.17. The lowest BCUT2D eigenvalue weighted by Gasteiger charge is -2.21. The Balaban J connectivity index is 2.47. The molecule has 0 aliphatic heterocycles. The number of carbonyl (C=O) groups is 2. The Morgan fingerprint density at radius 3 is 2.77 bits per heavy atom. The van der Waals surface area contributed by atoms with E-state index in [9.17, 15) is 9.59 Å². The number of amides is 2. The molecular formula is C16H26N2O4. The third-order valence-corrected chi connectivity index (χ3v) is 3.29. The van der Waals surface area contributed by atoms with E-state index in [0.717, 1.165) is 19.3 Å². The van der Waals surface area contributed by atoms with Crippen LogP contribution in [0.25, 0.3) is 0 Å². The van der Waals surface area contributed by atoms with E-state index in [4.69, 9.17) is 9.15 Å². The molecule has 1 aromatic rings. The molecule has 0 fully saturated rings. The number of nitrogens with zero attached hydrogens (tertiary/aromatic N) is 1. The monoisotopic (exact) mass is 310 g/mol. The summed E-state index contributed by atoms with van der Waals surface area (Å²) in [7, 11) is 1.63. The van der Waals surface area contributed by atoms with E-state index in [0.29, 0.717) is 38.2 Å². The molecule has 0 spiro atoms. The van der Waals surface area contributed by atoms with Gasteiger partial charge < -0.3 is 19.4 Å². The van der Waals surface area contributed by atoms with E-state index in [1.807, 2.05) is 0 Å². The number of methoxy groups -OCH3 is 1. The fraction of sp³-hybridized carbons (Fsp3) is 0.625. The minimum Gasteiger partial charge on any atom is -0.472 e. The molecule has 1 heterocycles. The van der Waals surface area contributed by atoms with Crippen molar-refractivity contribution in [3.05, 3.63) is 24.2 Å². The molecule has 22 heavy (non-hydrogen) atoms. The van der Waals surface area contributed by atoms with Crippen molar-refractivity contribution in [1.82, 2.24) is 10.2 Å². The SMILES string of the molecule is CCCCNC(=O)CCN(CCCOC)C(=O)c1ccoc1. The lowest BCUT2D eigenvalue weighted by Crippen LogP contribution is -2.36. The quantitative estimate of drug-likeness (QED) is 0.635.